The molecule has 3 nitrogen and oxygen atoms in total. The van der Waals surface area contributed by atoms with Gasteiger partial charge in [0.1, 0.15) is 4.83 Å². The van der Waals surface area contributed by atoms with Gasteiger partial charge in [0.15, 0.2) is 5.16 Å². The van der Waals surface area contributed by atoms with Crippen LogP contribution in [0.4, 0.5) is 0 Å². The Morgan fingerprint density at radius 2 is 2.00 bits per heavy atom. The zero-order valence-corrected chi connectivity index (χ0v) is 12.2. The Hall–Kier alpha value is -1.59. The van der Waals surface area contributed by atoms with Crippen molar-refractivity contribution in [3.8, 4) is 11.1 Å². The molecule has 19 heavy (non-hydrogen) atoms. The van der Waals surface area contributed by atoms with E-state index in [9.17, 15) is 4.79 Å². The van der Waals surface area contributed by atoms with Gasteiger partial charge in [-0.3, -0.25) is 4.79 Å². The number of aryl methyl sites for hydroxylation is 1. The van der Waals surface area contributed by atoms with Gasteiger partial charge in [0.05, 0.1) is 5.39 Å². The minimum absolute atomic E-state index is 0.0637. The van der Waals surface area contributed by atoms with E-state index in [1.54, 1.807) is 0 Å². The summed E-state index contributed by atoms with van der Waals surface area (Å²) in [6.45, 7) is 2.05. The van der Waals surface area contributed by atoms with Crippen LogP contribution in [-0.2, 0) is 0 Å². The molecule has 5 heteroatoms. The van der Waals surface area contributed by atoms with E-state index in [0.717, 1.165) is 16.0 Å². The summed E-state index contributed by atoms with van der Waals surface area (Å²) in [5.74, 6) is 0. The monoisotopic (exact) mass is 288 g/mol. The Morgan fingerprint density at radius 1 is 1.26 bits per heavy atom. The molecule has 0 fully saturated rings. The molecule has 2 aromatic heterocycles. The molecule has 2 heterocycles. The van der Waals surface area contributed by atoms with E-state index in [-0.39, 0.29) is 5.56 Å². The number of nitrogens with zero attached hydrogens (tertiary/aromatic N) is 1. The molecule has 1 aromatic carbocycles. The van der Waals surface area contributed by atoms with E-state index in [4.69, 9.17) is 0 Å². The smallest absolute Gasteiger partial charge is 0.260 e. The summed E-state index contributed by atoms with van der Waals surface area (Å²) in [5.41, 5.74) is 3.16. The maximum absolute atomic E-state index is 12.2. The number of aromatic amines is 1. The van der Waals surface area contributed by atoms with Gasteiger partial charge >= 0.3 is 0 Å². The first kappa shape index (κ1) is 12.4. The van der Waals surface area contributed by atoms with Gasteiger partial charge in [0.2, 0.25) is 0 Å². The SMILES string of the molecule is CSc1nc2scc(-c3ccc(C)cc3)c2c(=O)[nH]1. The van der Waals surface area contributed by atoms with Crippen molar-refractivity contribution in [2.75, 3.05) is 6.26 Å². The summed E-state index contributed by atoms with van der Waals surface area (Å²) in [6, 6.07) is 8.19. The second-order valence-electron chi connectivity index (χ2n) is 4.27. The summed E-state index contributed by atoms with van der Waals surface area (Å²) in [4.78, 5) is 20.2. The number of hydrogen-bond acceptors (Lipinski definition) is 4. The molecule has 0 aliphatic carbocycles. The molecule has 0 amide bonds. The molecule has 0 atom stereocenters. The largest absolute Gasteiger partial charge is 0.301 e. The van der Waals surface area contributed by atoms with Crippen molar-refractivity contribution < 1.29 is 0 Å². The average Bonchev–Trinajstić information content (AvgIpc) is 2.84. The molecule has 0 aliphatic rings. The lowest BCUT2D eigenvalue weighted by atomic mass is 10.1. The third-order valence-electron chi connectivity index (χ3n) is 2.98. The van der Waals surface area contributed by atoms with Crippen LogP contribution in [0.5, 0.6) is 0 Å². The van der Waals surface area contributed by atoms with Crippen LogP contribution in [-0.4, -0.2) is 16.2 Å². The summed E-state index contributed by atoms with van der Waals surface area (Å²) in [5, 5.41) is 3.35. The quantitative estimate of drug-likeness (QED) is 0.578. The minimum Gasteiger partial charge on any atom is -0.301 e. The fourth-order valence-corrected chi connectivity index (χ4v) is 3.35. The summed E-state index contributed by atoms with van der Waals surface area (Å²) < 4.78 is 0. The lowest BCUT2D eigenvalue weighted by Crippen LogP contribution is -2.08. The number of benzene rings is 1. The van der Waals surface area contributed by atoms with E-state index in [0.29, 0.717) is 10.5 Å². The van der Waals surface area contributed by atoms with Crippen molar-refractivity contribution in [1.29, 1.82) is 0 Å². The Morgan fingerprint density at radius 3 is 2.68 bits per heavy atom. The Labute approximate surface area is 118 Å². The van der Waals surface area contributed by atoms with E-state index in [1.165, 1.54) is 28.7 Å². The maximum atomic E-state index is 12.2. The highest BCUT2D eigenvalue weighted by molar-refractivity contribution is 7.98. The third kappa shape index (κ3) is 2.19. The first-order chi connectivity index (χ1) is 9.19. The standard InChI is InChI=1S/C14H12N2OS2/c1-8-3-5-9(6-4-8)10-7-19-13-11(10)12(17)15-14(16-13)18-2/h3-7H,1-2H3,(H,15,16,17). The molecule has 0 spiro atoms. The van der Waals surface area contributed by atoms with Gasteiger partial charge < -0.3 is 4.98 Å². The Bertz CT molecular complexity index is 787. The van der Waals surface area contributed by atoms with Gasteiger partial charge in [0.25, 0.3) is 5.56 Å². The predicted molar refractivity (Wildman–Crippen MR) is 82.2 cm³/mol. The third-order valence-corrected chi connectivity index (χ3v) is 4.43. The van der Waals surface area contributed by atoms with Crippen LogP contribution in [0.15, 0.2) is 39.6 Å². The van der Waals surface area contributed by atoms with Crippen molar-refractivity contribution in [1.82, 2.24) is 9.97 Å². The van der Waals surface area contributed by atoms with Crippen LogP contribution in [0.3, 0.4) is 0 Å². The number of nitrogens with one attached hydrogen (secondary N) is 1. The minimum atomic E-state index is -0.0637. The molecule has 96 valence electrons. The van der Waals surface area contributed by atoms with E-state index in [1.807, 2.05) is 23.8 Å². The maximum Gasteiger partial charge on any atom is 0.260 e. The number of hydrogen-bond donors (Lipinski definition) is 1. The van der Waals surface area contributed by atoms with Crippen molar-refractivity contribution in [2.45, 2.75) is 12.1 Å². The van der Waals surface area contributed by atoms with Crippen molar-refractivity contribution in [3.05, 3.63) is 45.6 Å². The lowest BCUT2D eigenvalue weighted by molar-refractivity contribution is 0.984. The summed E-state index contributed by atoms with van der Waals surface area (Å²) in [7, 11) is 0. The van der Waals surface area contributed by atoms with Gasteiger partial charge in [-0.25, -0.2) is 4.98 Å². The van der Waals surface area contributed by atoms with Crippen LogP contribution in [0.25, 0.3) is 21.3 Å². The molecule has 0 saturated carbocycles. The molecular formula is C14H12N2OS2. The Kier molecular flexibility index (Phi) is 3.16. The number of H-pyrrole nitrogens is 1. The zero-order chi connectivity index (χ0) is 13.4. The number of thioether (sulfide) groups is 1. The van der Waals surface area contributed by atoms with Gasteiger partial charge in [-0.1, -0.05) is 41.6 Å². The molecule has 3 aromatic rings. The van der Waals surface area contributed by atoms with E-state index in [2.05, 4.69) is 29.0 Å². The van der Waals surface area contributed by atoms with Crippen LogP contribution in [0, 0.1) is 6.92 Å². The van der Waals surface area contributed by atoms with Crippen molar-refractivity contribution >= 4 is 33.3 Å². The van der Waals surface area contributed by atoms with Crippen LogP contribution in [0.1, 0.15) is 5.56 Å². The van der Waals surface area contributed by atoms with Crippen molar-refractivity contribution in [2.24, 2.45) is 0 Å². The van der Waals surface area contributed by atoms with Gasteiger partial charge in [-0.2, -0.15) is 0 Å². The zero-order valence-electron chi connectivity index (χ0n) is 10.6. The molecule has 0 saturated heterocycles. The molecule has 0 aliphatic heterocycles. The first-order valence-electron chi connectivity index (χ1n) is 5.81. The fourth-order valence-electron chi connectivity index (χ4n) is 1.97. The van der Waals surface area contributed by atoms with Crippen molar-refractivity contribution in [3.63, 3.8) is 0 Å². The molecular weight excluding hydrogens is 276 g/mol. The molecule has 0 unspecified atom stereocenters. The molecule has 1 N–H and O–H groups in total. The highest BCUT2D eigenvalue weighted by atomic mass is 32.2. The predicted octanol–water partition coefficient (Wildman–Crippen LogP) is 3.68. The average molecular weight is 288 g/mol. The highest BCUT2D eigenvalue weighted by Gasteiger charge is 2.12. The number of thiophene rings is 1. The van der Waals surface area contributed by atoms with Gasteiger partial charge in [-0.05, 0) is 18.7 Å². The highest BCUT2D eigenvalue weighted by Crippen LogP contribution is 2.31. The second-order valence-corrected chi connectivity index (χ2v) is 5.92. The Balaban J connectivity index is 2.26. The lowest BCUT2D eigenvalue weighted by Gasteiger charge is -2.01. The topological polar surface area (TPSA) is 45.8 Å². The molecule has 0 bridgehead atoms. The summed E-state index contributed by atoms with van der Waals surface area (Å²) >= 11 is 2.96. The fraction of sp³-hybridized carbons (Fsp3) is 0.143. The van der Waals surface area contributed by atoms with E-state index < -0.39 is 0 Å². The van der Waals surface area contributed by atoms with E-state index >= 15 is 0 Å². The molecule has 0 radical (unpaired) electrons. The normalized spacial score (nSPS) is 11.1. The first-order valence-corrected chi connectivity index (χ1v) is 7.92. The van der Waals surface area contributed by atoms with Gasteiger partial charge in [0, 0.05) is 10.9 Å². The summed E-state index contributed by atoms with van der Waals surface area (Å²) in [6.07, 6.45) is 1.90. The second kappa shape index (κ2) is 4.83. The van der Waals surface area contributed by atoms with Crippen LogP contribution in [0.2, 0.25) is 0 Å². The molecule has 3 rings (SSSR count). The van der Waals surface area contributed by atoms with Crippen LogP contribution < -0.4 is 5.56 Å². The van der Waals surface area contributed by atoms with Crippen LogP contribution >= 0.6 is 23.1 Å². The number of aromatic nitrogens is 2. The number of rotatable bonds is 2. The van der Waals surface area contributed by atoms with Gasteiger partial charge in [-0.15, -0.1) is 11.3 Å². The number of fused-ring (bicyclic) bond motifs is 1.